The lowest BCUT2D eigenvalue weighted by atomic mass is 10.1. The summed E-state index contributed by atoms with van der Waals surface area (Å²) in [5.74, 6) is -0.926. The Hall–Kier alpha value is -2.65. The molecule has 188 valence electrons. The first kappa shape index (κ1) is 26.9. The molecule has 0 bridgehead atoms. The third-order valence-electron chi connectivity index (χ3n) is 5.76. The van der Waals surface area contributed by atoms with Crippen LogP contribution in [0.5, 0.6) is 0 Å². The molecule has 1 atom stereocenters. The first-order valence-corrected chi connectivity index (χ1v) is 12.3. The fraction of sp³-hybridized carbons (Fsp3) is 0.400. The number of benzene rings is 2. The fourth-order valence-corrected chi connectivity index (χ4v) is 4.49. The number of unbranched alkanes of at least 4 members (excludes halogenated alkanes) is 4. The van der Waals surface area contributed by atoms with Crippen LogP contribution < -0.4 is 10.2 Å². The molecule has 1 fully saturated rings. The number of hydrogen-bond acceptors (Lipinski definition) is 3. The Kier molecular flexibility index (Phi) is 9.13. The zero-order valence-corrected chi connectivity index (χ0v) is 20.8. The van der Waals surface area contributed by atoms with Gasteiger partial charge in [-0.15, -0.1) is 0 Å². The van der Waals surface area contributed by atoms with Crippen LogP contribution in [0.15, 0.2) is 48.5 Å². The Bertz CT molecular complexity index is 1060. The molecule has 1 saturated heterocycles. The lowest BCUT2D eigenvalue weighted by Crippen LogP contribution is -2.38. The third-order valence-corrected chi connectivity index (χ3v) is 6.43. The van der Waals surface area contributed by atoms with Gasteiger partial charge in [0.05, 0.1) is 17.7 Å². The number of alkyl halides is 3. The summed E-state index contributed by atoms with van der Waals surface area (Å²) >= 11 is 11.4. The Morgan fingerprint density at radius 2 is 1.77 bits per heavy atom. The molecule has 1 aliphatic rings. The maximum absolute atomic E-state index is 13.4. The van der Waals surface area contributed by atoms with Crippen LogP contribution in [0, 0.1) is 0 Å². The van der Waals surface area contributed by atoms with E-state index in [0.717, 1.165) is 49.1 Å². The molecular formula is C25H27ClF3N3O2S. The molecule has 0 saturated carbocycles. The minimum atomic E-state index is -4.56. The van der Waals surface area contributed by atoms with Gasteiger partial charge >= 0.3 is 6.18 Å². The highest BCUT2D eigenvalue weighted by Crippen LogP contribution is 2.34. The number of amides is 2. The molecule has 1 unspecified atom stereocenters. The summed E-state index contributed by atoms with van der Waals surface area (Å²) in [6, 6.07) is 10.1. The van der Waals surface area contributed by atoms with Gasteiger partial charge in [0.1, 0.15) is 6.04 Å². The number of nitrogens with one attached hydrogen (secondary N) is 1. The zero-order chi connectivity index (χ0) is 25.6. The average molecular weight is 526 g/mol. The summed E-state index contributed by atoms with van der Waals surface area (Å²) in [6.45, 7) is 2.54. The van der Waals surface area contributed by atoms with Crippen molar-refractivity contribution in [1.29, 1.82) is 0 Å². The van der Waals surface area contributed by atoms with Gasteiger partial charge in [0.2, 0.25) is 5.91 Å². The largest absolute Gasteiger partial charge is 0.416 e. The Morgan fingerprint density at radius 1 is 1.09 bits per heavy atom. The normalized spacial score (nSPS) is 16.2. The van der Waals surface area contributed by atoms with Gasteiger partial charge in [-0.1, -0.05) is 50.3 Å². The molecule has 0 spiro atoms. The number of thiocarbonyl (C=S) groups is 1. The summed E-state index contributed by atoms with van der Waals surface area (Å²) in [5, 5.41) is 3.36. The summed E-state index contributed by atoms with van der Waals surface area (Å²) < 4.78 is 39.8. The van der Waals surface area contributed by atoms with Crippen molar-refractivity contribution in [3.05, 3.63) is 59.1 Å². The lowest BCUT2D eigenvalue weighted by molar-refractivity contribution is -0.137. The van der Waals surface area contributed by atoms with E-state index in [1.807, 2.05) is 0 Å². The molecule has 2 aromatic carbocycles. The predicted octanol–water partition coefficient (Wildman–Crippen LogP) is 6.66. The summed E-state index contributed by atoms with van der Waals surface area (Å²) in [7, 11) is 0. The molecule has 0 radical (unpaired) electrons. The number of rotatable bonds is 10. The van der Waals surface area contributed by atoms with E-state index >= 15 is 0 Å². The van der Waals surface area contributed by atoms with Crippen molar-refractivity contribution < 1.29 is 22.8 Å². The van der Waals surface area contributed by atoms with Crippen LogP contribution in [-0.4, -0.2) is 34.4 Å². The molecule has 2 aromatic rings. The van der Waals surface area contributed by atoms with Gasteiger partial charge in [-0.3, -0.25) is 14.5 Å². The number of anilines is 2. The predicted molar refractivity (Wildman–Crippen MR) is 135 cm³/mol. The number of halogens is 4. The standard InChI is InChI=1S/C25H27ClF3N3O2S/c1-2-3-4-5-6-14-31-21(16-22(33)30-19-12-10-18(26)11-13-19)23(34)32(24(31)35)20-9-7-8-17(15-20)25(27,28)29/h7-13,15,21H,2-6,14,16H2,1H3,(H,30,33). The molecule has 3 rings (SSSR count). The van der Waals surface area contributed by atoms with Crippen LogP contribution in [0.2, 0.25) is 5.02 Å². The van der Waals surface area contributed by atoms with E-state index in [9.17, 15) is 22.8 Å². The van der Waals surface area contributed by atoms with Gasteiger partial charge in [-0.25, -0.2) is 0 Å². The fourth-order valence-electron chi connectivity index (χ4n) is 3.95. The van der Waals surface area contributed by atoms with Crippen molar-refractivity contribution in [2.75, 3.05) is 16.8 Å². The monoisotopic (exact) mass is 525 g/mol. The number of hydrogen-bond donors (Lipinski definition) is 1. The quantitative estimate of drug-likeness (QED) is 0.278. The topological polar surface area (TPSA) is 52.7 Å². The molecule has 2 amide bonds. The summed E-state index contributed by atoms with van der Waals surface area (Å²) in [4.78, 5) is 28.9. The van der Waals surface area contributed by atoms with Crippen molar-refractivity contribution in [1.82, 2.24) is 4.90 Å². The zero-order valence-electron chi connectivity index (χ0n) is 19.3. The molecule has 35 heavy (non-hydrogen) atoms. The maximum atomic E-state index is 13.4. The van der Waals surface area contributed by atoms with Crippen molar-refractivity contribution in [2.45, 2.75) is 57.7 Å². The van der Waals surface area contributed by atoms with E-state index in [0.29, 0.717) is 17.3 Å². The van der Waals surface area contributed by atoms with Gasteiger partial charge in [-0.2, -0.15) is 13.2 Å². The van der Waals surface area contributed by atoms with Crippen LogP contribution in [0.1, 0.15) is 51.0 Å². The van der Waals surface area contributed by atoms with Crippen molar-refractivity contribution in [3.63, 3.8) is 0 Å². The molecule has 5 nitrogen and oxygen atoms in total. The first-order chi connectivity index (χ1) is 16.6. The average Bonchev–Trinajstić information content (AvgIpc) is 3.03. The molecule has 1 N–H and O–H groups in total. The van der Waals surface area contributed by atoms with E-state index in [1.165, 1.54) is 12.1 Å². The second kappa shape index (κ2) is 11.9. The van der Waals surface area contributed by atoms with Crippen LogP contribution in [-0.2, 0) is 15.8 Å². The summed E-state index contributed by atoms with van der Waals surface area (Å²) in [6.07, 6.45) is 0.130. The highest BCUT2D eigenvalue weighted by molar-refractivity contribution is 7.80. The molecule has 1 aliphatic heterocycles. The highest BCUT2D eigenvalue weighted by atomic mass is 35.5. The number of carbonyl (C=O) groups excluding carboxylic acids is 2. The maximum Gasteiger partial charge on any atom is 0.416 e. The van der Waals surface area contributed by atoms with Gasteiger partial charge in [-0.05, 0) is 61.1 Å². The van der Waals surface area contributed by atoms with Crippen LogP contribution >= 0.6 is 23.8 Å². The molecule has 10 heteroatoms. The molecule has 0 aliphatic carbocycles. The SMILES string of the molecule is CCCCCCCN1C(=S)N(c2cccc(C(F)(F)F)c2)C(=O)C1CC(=O)Nc1ccc(Cl)cc1. The first-order valence-electron chi connectivity index (χ1n) is 11.5. The van der Waals surface area contributed by atoms with E-state index in [-0.39, 0.29) is 17.2 Å². The second-order valence-electron chi connectivity index (χ2n) is 8.39. The van der Waals surface area contributed by atoms with Crippen molar-refractivity contribution in [2.24, 2.45) is 0 Å². The van der Waals surface area contributed by atoms with E-state index in [2.05, 4.69) is 12.2 Å². The lowest BCUT2D eigenvalue weighted by Gasteiger charge is -2.24. The molecule has 0 aromatic heterocycles. The number of nitrogens with zero attached hydrogens (tertiary/aromatic N) is 2. The molecular weight excluding hydrogens is 499 g/mol. The Labute approximate surface area is 213 Å². The van der Waals surface area contributed by atoms with Crippen molar-refractivity contribution >= 4 is 52.1 Å². The second-order valence-corrected chi connectivity index (χ2v) is 9.19. The van der Waals surface area contributed by atoms with E-state index in [4.69, 9.17) is 23.8 Å². The highest BCUT2D eigenvalue weighted by Gasteiger charge is 2.44. The Morgan fingerprint density at radius 3 is 2.43 bits per heavy atom. The van der Waals surface area contributed by atoms with Gasteiger partial charge in [0, 0.05) is 17.3 Å². The van der Waals surface area contributed by atoms with Crippen molar-refractivity contribution in [3.8, 4) is 0 Å². The van der Waals surface area contributed by atoms with Gasteiger partial charge in [0.25, 0.3) is 5.91 Å². The van der Waals surface area contributed by atoms with Crippen LogP contribution in [0.4, 0.5) is 24.5 Å². The van der Waals surface area contributed by atoms with Crippen LogP contribution in [0.25, 0.3) is 0 Å². The Balaban J connectivity index is 1.81. The third kappa shape index (κ3) is 6.95. The van der Waals surface area contributed by atoms with E-state index in [1.54, 1.807) is 29.2 Å². The molecule has 1 heterocycles. The van der Waals surface area contributed by atoms with Gasteiger partial charge < -0.3 is 10.2 Å². The minimum absolute atomic E-state index is 0.0337. The summed E-state index contributed by atoms with van der Waals surface area (Å²) in [5.41, 5.74) is -0.319. The minimum Gasteiger partial charge on any atom is -0.336 e. The smallest absolute Gasteiger partial charge is 0.336 e. The number of carbonyl (C=O) groups is 2. The van der Waals surface area contributed by atoms with Crippen LogP contribution in [0.3, 0.4) is 0 Å². The van der Waals surface area contributed by atoms with Gasteiger partial charge in [0.15, 0.2) is 5.11 Å². The van der Waals surface area contributed by atoms with E-state index < -0.39 is 29.6 Å².